The molecular weight excluding hydrogens is 324 g/mol. The van der Waals surface area contributed by atoms with Crippen LogP contribution in [-0.2, 0) is 10.4 Å². The van der Waals surface area contributed by atoms with Gasteiger partial charge >= 0.3 is 0 Å². The van der Waals surface area contributed by atoms with E-state index < -0.39 is 16.4 Å². The predicted molar refractivity (Wildman–Crippen MR) is 90.3 cm³/mol. The van der Waals surface area contributed by atoms with Gasteiger partial charge in [0.15, 0.2) is 0 Å². The van der Waals surface area contributed by atoms with Crippen LogP contribution in [0.15, 0.2) is 54.6 Å². The number of rotatable bonds is 2. The molecule has 25 heavy (non-hydrogen) atoms. The lowest BCUT2D eigenvalue weighted by Crippen LogP contribution is -2.35. The van der Waals surface area contributed by atoms with Gasteiger partial charge in [-0.05, 0) is 22.9 Å². The monoisotopic (exact) mass is 336 g/mol. The van der Waals surface area contributed by atoms with E-state index in [-0.39, 0.29) is 28.3 Å². The van der Waals surface area contributed by atoms with Gasteiger partial charge in [0.25, 0.3) is 11.6 Å². The number of aromatic hydroxyl groups is 1. The summed E-state index contributed by atoms with van der Waals surface area (Å²) in [6, 6.07) is 13.8. The second kappa shape index (κ2) is 5.02. The Balaban J connectivity index is 2.07. The van der Waals surface area contributed by atoms with E-state index in [1.54, 1.807) is 30.3 Å². The van der Waals surface area contributed by atoms with Crippen LogP contribution >= 0.6 is 0 Å². The van der Waals surface area contributed by atoms with Gasteiger partial charge in [-0.3, -0.25) is 14.9 Å². The normalized spacial score (nSPS) is 18.8. The topological polar surface area (TPSA) is 113 Å². The van der Waals surface area contributed by atoms with Crippen molar-refractivity contribution in [1.29, 1.82) is 0 Å². The van der Waals surface area contributed by atoms with Gasteiger partial charge in [0.2, 0.25) is 5.60 Å². The maximum Gasteiger partial charge on any atom is 0.269 e. The van der Waals surface area contributed by atoms with Crippen molar-refractivity contribution in [1.82, 2.24) is 0 Å². The van der Waals surface area contributed by atoms with E-state index in [9.17, 15) is 25.1 Å². The van der Waals surface area contributed by atoms with Gasteiger partial charge in [0.1, 0.15) is 5.75 Å². The third-order valence-corrected chi connectivity index (χ3v) is 4.45. The third-order valence-electron chi connectivity index (χ3n) is 4.45. The Morgan fingerprint density at radius 3 is 2.60 bits per heavy atom. The number of carbonyl (C=O) groups excluding carboxylic acids is 1. The lowest BCUT2D eigenvalue weighted by Gasteiger charge is -2.24. The lowest BCUT2D eigenvalue weighted by atomic mass is 9.83. The highest BCUT2D eigenvalue weighted by Gasteiger charge is 2.50. The minimum Gasteiger partial charge on any atom is -0.508 e. The van der Waals surface area contributed by atoms with Crippen molar-refractivity contribution < 1.29 is 19.9 Å². The lowest BCUT2D eigenvalue weighted by molar-refractivity contribution is -0.385. The van der Waals surface area contributed by atoms with E-state index in [2.05, 4.69) is 5.32 Å². The molecule has 0 aliphatic carbocycles. The van der Waals surface area contributed by atoms with Gasteiger partial charge in [-0.1, -0.05) is 30.3 Å². The molecule has 3 N–H and O–H groups in total. The van der Waals surface area contributed by atoms with E-state index in [4.69, 9.17) is 0 Å². The van der Waals surface area contributed by atoms with Crippen molar-refractivity contribution >= 4 is 28.1 Å². The third kappa shape index (κ3) is 1.99. The number of nitrogens with zero attached hydrogens (tertiary/aromatic N) is 1. The molecule has 0 spiro atoms. The van der Waals surface area contributed by atoms with Crippen molar-refractivity contribution in [2.45, 2.75) is 5.60 Å². The van der Waals surface area contributed by atoms with Crippen LogP contribution in [0.1, 0.15) is 11.1 Å². The number of aliphatic hydroxyl groups is 1. The number of hydrogen-bond donors (Lipinski definition) is 3. The first-order chi connectivity index (χ1) is 11.9. The van der Waals surface area contributed by atoms with Gasteiger partial charge in [0, 0.05) is 28.9 Å². The molecule has 4 rings (SSSR count). The molecule has 7 nitrogen and oxygen atoms in total. The molecule has 1 aliphatic rings. The summed E-state index contributed by atoms with van der Waals surface area (Å²) >= 11 is 0. The number of phenolic OH excluding ortho intramolecular Hbond substituents is 1. The molecule has 0 saturated heterocycles. The first-order valence-electron chi connectivity index (χ1n) is 7.47. The van der Waals surface area contributed by atoms with Crippen LogP contribution in [-0.4, -0.2) is 21.0 Å². The summed E-state index contributed by atoms with van der Waals surface area (Å²) in [5.41, 5.74) is -2.17. The van der Waals surface area contributed by atoms with Crippen LogP contribution in [0.5, 0.6) is 5.75 Å². The predicted octanol–water partition coefficient (Wildman–Crippen LogP) is 2.64. The highest BCUT2D eigenvalue weighted by atomic mass is 16.6. The van der Waals surface area contributed by atoms with Gasteiger partial charge in [-0.25, -0.2) is 0 Å². The standard InChI is InChI=1S/C18H12N2O5/c21-15-8-5-10-3-1-2-4-12(10)16(15)18(23)13-9-11(20(24)25)6-7-14(13)19-17(18)22/h1-9,21,23H,(H,19,22). The summed E-state index contributed by atoms with van der Waals surface area (Å²) in [6.45, 7) is 0. The van der Waals surface area contributed by atoms with Crippen LogP contribution in [0.3, 0.4) is 0 Å². The fourth-order valence-electron chi connectivity index (χ4n) is 3.28. The summed E-state index contributed by atoms with van der Waals surface area (Å²) in [7, 11) is 0. The van der Waals surface area contributed by atoms with E-state index in [1.165, 1.54) is 18.2 Å². The number of carbonyl (C=O) groups is 1. The van der Waals surface area contributed by atoms with Crippen LogP contribution in [0.2, 0.25) is 0 Å². The van der Waals surface area contributed by atoms with E-state index >= 15 is 0 Å². The van der Waals surface area contributed by atoms with Crippen LogP contribution < -0.4 is 5.32 Å². The fourth-order valence-corrected chi connectivity index (χ4v) is 3.28. The van der Waals surface area contributed by atoms with Gasteiger partial charge in [-0.15, -0.1) is 0 Å². The Kier molecular flexibility index (Phi) is 3.03. The molecule has 0 bridgehead atoms. The molecule has 1 unspecified atom stereocenters. The average molecular weight is 336 g/mol. The molecule has 1 atom stereocenters. The van der Waals surface area contributed by atoms with Gasteiger partial charge in [0.05, 0.1) is 4.92 Å². The molecule has 7 heteroatoms. The molecule has 0 saturated carbocycles. The number of hydrogen-bond acceptors (Lipinski definition) is 5. The number of nitro benzene ring substituents is 1. The van der Waals surface area contributed by atoms with Crippen LogP contribution in [0.4, 0.5) is 11.4 Å². The second-order valence-corrected chi connectivity index (χ2v) is 5.83. The smallest absolute Gasteiger partial charge is 0.269 e. The van der Waals surface area contributed by atoms with Crippen molar-refractivity contribution in [3.63, 3.8) is 0 Å². The first-order valence-corrected chi connectivity index (χ1v) is 7.47. The van der Waals surface area contributed by atoms with Crippen LogP contribution in [0.25, 0.3) is 10.8 Å². The summed E-state index contributed by atoms with van der Waals surface area (Å²) in [4.78, 5) is 23.1. The Hall–Kier alpha value is -3.45. The number of nitro groups is 1. The average Bonchev–Trinajstić information content (AvgIpc) is 2.85. The molecule has 0 radical (unpaired) electrons. The zero-order chi connectivity index (χ0) is 17.8. The van der Waals surface area contributed by atoms with E-state index in [0.717, 1.165) is 11.5 Å². The number of fused-ring (bicyclic) bond motifs is 2. The molecule has 1 aliphatic heterocycles. The zero-order valence-electron chi connectivity index (χ0n) is 12.8. The highest BCUT2D eigenvalue weighted by molar-refractivity contribution is 6.10. The van der Waals surface area contributed by atoms with Gasteiger partial charge in [-0.2, -0.15) is 0 Å². The largest absolute Gasteiger partial charge is 0.508 e. The number of anilines is 1. The minimum absolute atomic E-state index is 0.00217. The van der Waals surface area contributed by atoms with E-state index in [0.29, 0.717) is 5.39 Å². The van der Waals surface area contributed by atoms with Crippen molar-refractivity contribution in [3.8, 4) is 5.75 Å². The molecular formula is C18H12N2O5. The van der Waals surface area contributed by atoms with Crippen molar-refractivity contribution in [2.24, 2.45) is 0 Å². The molecule has 3 aromatic carbocycles. The fraction of sp³-hybridized carbons (Fsp3) is 0.0556. The van der Waals surface area contributed by atoms with Crippen LogP contribution in [0, 0.1) is 10.1 Å². The molecule has 124 valence electrons. The molecule has 0 fully saturated rings. The zero-order valence-corrected chi connectivity index (χ0v) is 12.8. The first kappa shape index (κ1) is 15.1. The Morgan fingerprint density at radius 1 is 1.08 bits per heavy atom. The SMILES string of the molecule is O=C1Nc2ccc([N+](=O)[O-])cc2C1(O)c1c(O)ccc2ccccc12. The Morgan fingerprint density at radius 2 is 1.84 bits per heavy atom. The molecule has 1 amide bonds. The number of amides is 1. The molecule has 1 heterocycles. The Bertz CT molecular complexity index is 1060. The number of phenols is 1. The van der Waals surface area contributed by atoms with Gasteiger partial charge < -0.3 is 15.5 Å². The maximum absolute atomic E-state index is 12.6. The second-order valence-electron chi connectivity index (χ2n) is 5.83. The molecule has 0 aromatic heterocycles. The quantitative estimate of drug-likeness (QED) is 0.492. The number of nitrogens with one attached hydrogen (secondary N) is 1. The minimum atomic E-state index is -2.23. The summed E-state index contributed by atoms with van der Waals surface area (Å²) < 4.78 is 0. The maximum atomic E-state index is 12.6. The van der Waals surface area contributed by atoms with Crippen molar-refractivity contribution in [2.75, 3.05) is 5.32 Å². The van der Waals surface area contributed by atoms with E-state index in [1.807, 2.05) is 0 Å². The molecule has 3 aromatic rings. The summed E-state index contributed by atoms with van der Waals surface area (Å²) in [6.07, 6.45) is 0. The van der Waals surface area contributed by atoms with Crippen molar-refractivity contribution in [3.05, 3.63) is 75.8 Å². The number of non-ortho nitro benzene ring substituents is 1. The summed E-state index contributed by atoms with van der Waals surface area (Å²) in [5.74, 6) is -1.04. The highest BCUT2D eigenvalue weighted by Crippen LogP contribution is 2.47. The summed E-state index contributed by atoms with van der Waals surface area (Å²) in [5, 5.41) is 36.5. The Labute approximate surface area is 141 Å². The number of benzene rings is 3.